The Kier molecular flexibility index (Phi) is 3.26. The van der Waals surface area contributed by atoms with Crippen LogP contribution in [-0.2, 0) is 6.54 Å². The third-order valence-corrected chi connectivity index (χ3v) is 2.19. The molecule has 0 radical (unpaired) electrons. The molecule has 0 saturated heterocycles. The molecule has 0 fully saturated rings. The van der Waals surface area contributed by atoms with Crippen molar-refractivity contribution in [3.8, 4) is 6.01 Å². The molecule has 0 bridgehead atoms. The van der Waals surface area contributed by atoms with Gasteiger partial charge in [0.2, 0.25) is 0 Å². The molecule has 6 heteroatoms. The van der Waals surface area contributed by atoms with E-state index < -0.39 is 0 Å². The largest absolute Gasteiger partial charge is 0.467 e. The van der Waals surface area contributed by atoms with Crippen LogP contribution in [0.5, 0.6) is 6.01 Å². The number of aromatic nitrogens is 2. The van der Waals surface area contributed by atoms with E-state index in [1.54, 1.807) is 6.26 Å². The molecule has 0 atom stereocenters. The maximum atomic E-state index is 5.92. The highest BCUT2D eigenvalue weighted by Gasteiger charge is 2.05. The number of rotatable bonds is 4. The van der Waals surface area contributed by atoms with Crippen LogP contribution in [-0.4, -0.2) is 17.1 Å². The van der Waals surface area contributed by atoms with E-state index in [4.69, 9.17) is 20.8 Å². The first kappa shape index (κ1) is 10.8. The van der Waals surface area contributed by atoms with E-state index in [-0.39, 0.29) is 6.01 Å². The summed E-state index contributed by atoms with van der Waals surface area (Å²) in [5.74, 6) is 1.32. The van der Waals surface area contributed by atoms with Gasteiger partial charge in [-0.3, -0.25) is 0 Å². The summed E-state index contributed by atoms with van der Waals surface area (Å²) < 4.78 is 10.1. The number of nitrogens with one attached hydrogen (secondary N) is 1. The molecular formula is C10H10ClN3O2. The van der Waals surface area contributed by atoms with Crippen LogP contribution in [0, 0.1) is 0 Å². The molecule has 0 spiro atoms. The van der Waals surface area contributed by atoms with E-state index in [1.807, 2.05) is 12.1 Å². The van der Waals surface area contributed by atoms with Crippen molar-refractivity contribution in [2.45, 2.75) is 6.54 Å². The van der Waals surface area contributed by atoms with Gasteiger partial charge in [-0.2, -0.15) is 4.98 Å². The SMILES string of the molecule is COc1ncc(Cl)c(NCc2ccco2)n1. The van der Waals surface area contributed by atoms with Crippen molar-refractivity contribution in [1.82, 2.24) is 9.97 Å². The van der Waals surface area contributed by atoms with Crippen LogP contribution in [0.3, 0.4) is 0 Å². The normalized spacial score (nSPS) is 10.1. The van der Waals surface area contributed by atoms with Crippen molar-refractivity contribution >= 4 is 17.4 Å². The Morgan fingerprint density at radius 3 is 3.12 bits per heavy atom. The molecule has 2 heterocycles. The van der Waals surface area contributed by atoms with Gasteiger partial charge in [-0.15, -0.1) is 0 Å². The van der Waals surface area contributed by atoms with Crippen molar-refractivity contribution in [3.63, 3.8) is 0 Å². The van der Waals surface area contributed by atoms with Crippen molar-refractivity contribution < 1.29 is 9.15 Å². The Bertz CT molecular complexity index is 459. The van der Waals surface area contributed by atoms with Crippen LogP contribution in [0.15, 0.2) is 29.0 Å². The molecule has 0 saturated carbocycles. The average molecular weight is 240 g/mol. The molecule has 0 aliphatic carbocycles. The molecule has 5 nitrogen and oxygen atoms in total. The third kappa shape index (κ3) is 2.43. The molecule has 0 aliphatic heterocycles. The van der Waals surface area contributed by atoms with Crippen LogP contribution in [0.2, 0.25) is 5.02 Å². The Morgan fingerprint density at radius 2 is 2.44 bits per heavy atom. The summed E-state index contributed by atoms with van der Waals surface area (Å²) in [4.78, 5) is 7.95. The first-order chi connectivity index (χ1) is 7.79. The van der Waals surface area contributed by atoms with E-state index in [9.17, 15) is 0 Å². The first-order valence-corrected chi connectivity index (χ1v) is 5.00. The fourth-order valence-corrected chi connectivity index (χ4v) is 1.32. The zero-order valence-corrected chi connectivity index (χ0v) is 9.36. The number of hydrogen-bond acceptors (Lipinski definition) is 5. The van der Waals surface area contributed by atoms with E-state index in [0.29, 0.717) is 17.4 Å². The molecular weight excluding hydrogens is 230 g/mol. The predicted molar refractivity (Wildman–Crippen MR) is 59.6 cm³/mol. The van der Waals surface area contributed by atoms with Gasteiger partial charge in [0.05, 0.1) is 26.1 Å². The van der Waals surface area contributed by atoms with Gasteiger partial charge in [0.25, 0.3) is 0 Å². The number of hydrogen-bond donors (Lipinski definition) is 1. The highest BCUT2D eigenvalue weighted by atomic mass is 35.5. The number of nitrogens with zero attached hydrogens (tertiary/aromatic N) is 2. The zero-order valence-electron chi connectivity index (χ0n) is 8.61. The minimum atomic E-state index is 0.270. The number of methoxy groups -OCH3 is 1. The van der Waals surface area contributed by atoms with Crippen molar-refractivity contribution in [1.29, 1.82) is 0 Å². The molecule has 0 aromatic carbocycles. The quantitative estimate of drug-likeness (QED) is 0.888. The smallest absolute Gasteiger partial charge is 0.318 e. The van der Waals surface area contributed by atoms with Gasteiger partial charge in [-0.25, -0.2) is 4.98 Å². The molecule has 0 unspecified atom stereocenters. The molecule has 0 amide bonds. The highest BCUT2D eigenvalue weighted by Crippen LogP contribution is 2.20. The molecule has 0 aliphatic rings. The van der Waals surface area contributed by atoms with E-state index in [1.165, 1.54) is 13.3 Å². The lowest BCUT2D eigenvalue weighted by molar-refractivity contribution is 0.380. The van der Waals surface area contributed by atoms with E-state index >= 15 is 0 Å². The first-order valence-electron chi connectivity index (χ1n) is 4.62. The molecule has 2 aromatic heterocycles. The molecule has 2 aromatic rings. The standard InChI is InChI=1S/C10H10ClN3O2/c1-15-10-13-6-8(11)9(14-10)12-5-7-3-2-4-16-7/h2-4,6H,5H2,1H3,(H,12,13,14). The van der Waals surface area contributed by atoms with Crippen LogP contribution in [0.25, 0.3) is 0 Å². The Labute approximate surface area is 97.4 Å². The summed E-state index contributed by atoms with van der Waals surface area (Å²) in [6, 6.07) is 3.95. The van der Waals surface area contributed by atoms with Gasteiger partial charge in [0.1, 0.15) is 10.8 Å². The van der Waals surface area contributed by atoms with E-state index in [0.717, 1.165) is 5.76 Å². The molecule has 84 valence electrons. The number of halogens is 1. The fraction of sp³-hybridized carbons (Fsp3) is 0.200. The second kappa shape index (κ2) is 4.85. The minimum Gasteiger partial charge on any atom is -0.467 e. The lowest BCUT2D eigenvalue weighted by Crippen LogP contribution is -2.03. The van der Waals surface area contributed by atoms with Gasteiger partial charge >= 0.3 is 6.01 Å². The van der Waals surface area contributed by atoms with Gasteiger partial charge in [-0.1, -0.05) is 11.6 Å². The summed E-state index contributed by atoms with van der Waals surface area (Å²) >= 11 is 5.92. The summed E-state index contributed by atoms with van der Waals surface area (Å²) in [5, 5.41) is 3.47. The van der Waals surface area contributed by atoms with Gasteiger partial charge in [0, 0.05) is 0 Å². The average Bonchev–Trinajstić information content (AvgIpc) is 2.81. The van der Waals surface area contributed by atoms with Crippen LogP contribution in [0.1, 0.15) is 5.76 Å². The molecule has 2 rings (SSSR count). The second-order valence-corrected chi connectivity index (χ2v) is 3.39. The minimum absolute atomic E-state index is 0.270. The molecule has 1 N–H and O–H groups in total. The zero-order chi connectivity index (χ0) is 11.4. The van der Waals surface area contributed by atoms with Gasteiger partial charge < -0.3 is 14.5 Å². The summed E-state index contributed by atoms with van der Waals surface area (Å²) in [6.45, 7) is 0.507. The maximum absolute atomic E-state index is 5.92. The fourth-order valence-electron chi connectivity index (χ4n) is 1.16. The summed E-state index contributed by atoms with van der Waals surface area (Å²) in [6.07, 6.45) is 3.09. The molecule has 16 heavy (non-hydrogen) atoms. The predicted octanol–water partition coefficient (Wildman–Crippen LogP) is 2.34. The Morgan fingerprint density at radius 1 is 1.56 bits per heavy atom. The summed E-state index contributed by atoms with van der Waals surface area (Å²) in [7, 11) is 1.50. The van der Waals surface area contributed by atoms with Crippen molar-refractivity contribution in [2.75, 3.05) is 12.4 Å². The van der Waals surface area contributed by atoms with Crippen LogP contribution in [0.4, 0.5) is 5.82 Å². The third-order valence-electron chi connectivity index (χ3n) is 1.91. The van der Waals surface area contributed by atoms with E-state index in [2.05, 4.69) is 15.3 Å². The topological polar surface area (TPSA) is 60.2 Å². The number of furan rings is 1. The van der Waals surface area contributed by atoms with Crippen LogP contribution < -0.4 is 10.1 Å². The number of ether oxygens (including phenoxy) is 1. The van der Waals surface area contributed by atoms with Gasteiger partial charge in [-0.05, 0) is 12.1 Å². The monoisotopic (exact) mass is 239 g/mol. The number of anilines is 1. The summed E-state index contributed by atoms with van der Waals surface area (Å²) in [5.41, 5.74) is 0. The van der Waals surface area contributed by atoms with Gasteiger partial charge in [0.15, 0.2) is 5.82 Å². The lowest BCUT2D eigenvalue weighted by atomic mass is 10.4. The van der Waals surface area contributed by atoms with Crippen molar-refractivity contribution in [3.05, 3.63) is 35.4 Å². The second-order valence-electron chi connectivity index (χ2n) is 2.99. The highest BCUT2D eigenvalue weighted by molar-refractivity contribution is 6.32. The lowest BCUT2D eigenvalue weighted by Gasteiger charge is -2.06. The van der Waals surface area contributed by atoms with Crippen molar-refractivity contribution in [2.24, 2.45) is 0 Å². The Balaban J connectivity index is 2.08. The maximum Gasteiger partial charge on any atom is 0.318 e. The van der Waals surface area contributed by atoms with Crippen LogP contribution >= 0.6 is 11.6 Å². The Hall–Kier alpha value is -1.75.